The van der Waals surface area contributed by atoms with Crippen LogP contribution in [-0.4, -0.2) is 14.2 Å². The molecule has 0 aliphatic heterocycles. The number of hydrogen-bond donors (Lipinski definition) is 0. The van der Waals surface area contributed by atoms with E-state index in [2.05, 4.69) is 24.3 Å². The Bertz CT molecular complexity index is 1360. The molecule has 2 nitrogen and oxygen atoms in total. The molecular formula is C29H27F3O2. The molecule has 4 aromatic rings. The second kappa shape index (κ2) is 8.86. The fourth-order valence-electron chi connectivity index (χ4n) is 5.61. The molecule has 0 N–H and O–H groups in total. The summed E-state index contributed by atoms with van der Waals surface area (Å²) >= 11 is 0. The van der Waals surface area contributed by atoms with E-state index in [4.69, 9.17) is 9.47 Å². The summed E-state index contributed by atoms with van der Waals surface area (Å²) in [7, 11) is 3.33. The molecule has 0 saturated carbocycles. The van der Waals surface area contributed by atoms with Crippen molar-refractivity contribution in [1.82, 2.24) is 0 Å². The zero-order chi connectivity index (χ0) is 23.9. The Morgan fingerprint density at radius 3 is 2.41 bits per heavy atom. The van der Waals surface area contributed by atoms with Gasteiger partial charge in [0.1, 0.15) is 11.5 Å². The smallest absolute Gasteiger partial charge is 0.416 e. The van der Waals surface area contributed by atoms with E-state index in [1.165, 1.54) is 23.3 Å². The van der Waals surface area contributed by atoms with E-state index >= 15 is 0 Å². The number of aryl methyl sites for hydroxylation is 2. The summed E-state index contributed by atoms with van der Waals surface area (Å²) in [5.41, 5.74) is 2.41. The molecular weight excluding hydrogens is 437 g/mol. The maximum Gasteiger partial charge on any atom is 0.416 e. The summed E-state index contributed by atoms with van der Waals surface area (Å²) in [5, 5.41) is 4.35. The summed E-state index contributed by atoms with van der Waals surface area (Å²) in [6.45, 7) is 0. The molecule has 0 bridgehead atoms. The van der Waals surface area contributed by atoms with E-state index < -0.39 is 11.7 Å². The van der Waals surface area contributed by atoms with Crippen LogP contribution in [-0.2, 0) is 19.0 Å². The van der Waals surface area contributed by atoms with Crippen LogP contribution in [0.1, 0.15) is 47.4 Å². The Kier molecular flexibility index (Phi) is 5.88. The van der Waals surface area contributed by atoms with Gasteiger partial charge in [0.05, 0.1) is 25.2 Å². The monoisotopic (exact) mass is 464 g/mol. The molecule has 0 spiro atoms. The SMILES string of the molecule is COc1cccc2c1c(OC)cc1c3c(ccc12)[C@H](CCc1ccccc1C(F)(F)F)CCC3. The molecule has 0 heterocycles. The van der Waals surface area contributed by atoms with Crippen molar-refractivity contribution in [3.8, 4) is 11.5 Å². The van der Waals surface area contributed by atoms with Crippen molar-refractivity contribution >= 4 is 21.5 Å². The standard InChI is InChI=1S/C29H27F3O2/c1-33-26-12-6-10-23-22-16-15-20-18(13-14-19-7-3-4-11-25(19)29(30,31)32)8-5-9-21(20)24(22)17-27(34-2)28(23)26/h3-4,6-7,10-12,15-18H,5,8-9,13-14H2,1-2H3/t18-/m0/s1. The molecule has 0 amide bonds. The van der Waals surface area contributed by atoms with Gasteiger partial charge in [0, 0.05) is 0 Å². The van der Waals surface area contributed by atoms with E-state index in [-0.39, 0.29) is 5.92 Å². The largest absolute Gasteiger partial charge is 0.496 e. The summed E-state index contributed by atoms with van der Waals surface area (Å²) in [5.74, 6) is 1.78. The van der Waals surface area contributed by atoms with Gasteiger partial charge in [-0.15, -0.1) is 0 Å². The predicted molar refractivity (Wildman–Crippen MR) is 130 cm³/mol. The molecule has 0 fully saturated rings. The van der Waals surface area contributed by atoms with Crippen molar-refractivity contribution in [3.05, 3.63) is 82.9 Å². The number of hydrogen-bond acceptors (Lipinski definition) is 2. The van der Waals surface area contributed by atoms with Gasteiger partial charge in [-0.3, -0.25) is 0 Å². The molecule has 0 saturated heterocycles. The number of benzene rings is 4. The average molecular weight is 465 g/mol. The molecule has 5 heteroatoms. The highest BCUT2D eigenvalue weighted by Gasteiger charge is 2.33. The summed E-state index contributed by atoms with van der Waals surface area (Å²) < 4.78 is 51.7. The van der Waals surface area contributed by atoms with Crippen LogP contribution in [0.5, 0.6) is 11.5 Å². The van der Waals surface area contributed by atoms with Crippen LogP contribution in [0.3, 0.4) is 0 Å². The van der Waals surface area contributed by atoms with Gasteiger partial charge in [-0.25, -0.2) is 0 Å². The maximum absolute atomic E-state index is 13.5. The molecule has 1 aliphatic rings. The zero-order valence-corrected chi connectivity index (χ0v) is 19.3. The molecule has 0 aromatic heterocycles. The molecule has 176 valence electrons. The third kappa shape index (κ3) is 3.87. The number of fused-ring (bicyclic) bond motifs is 5. The number of methoxy groups -OCH3 is 2. The normalized spacial score (nSPS) is 16.0. The average Bonchev–Trinajstić information content (AvgIpc) is 2.85. The van der Waals surface area contributed by atoms with E-state index in [0.717, 1.165) is 52.3 Å². The van der Waals surface area contributed by atoms with Gasteiger partial charge in [-0.05, 0) is 89.1 Å². The van der Waals surface area contributed by atoms with Crippen molar-refractivity contribution in [3.63, 3.8) is 0 Å². The first kappa shape index (κ1) is 22.6. The fraction of sp³-hybridized carbons (Fsp3) is 0.310. The van der Waals surface area contributed by atoms with Crippen molar-refractivity contribution in [2.75, 3.05) is 14.2 Å². The number of halogens is 3. The Balaban J connectivity index is 1.56. The van der Waals surface area contributed by atoms with E-state index in [1.807, 2.05) is 12.1 Å². The highest BCUT2D eigenvalue weighted by molar-refractivity contribution is 6.13. The fourth-order valence-corrected chi connectivity index (χ4v) is 5.61. The molecule has 34 heavy (non-hydrogen) atoms. The number of alkyl halides is 3. The van der Waals surface area contributed by atoms with E-state index in [0.29, 0.717) is 18.4 Å². The molecule has 4 aromatic carbocycles. The Morgan fingerprint density at radius 1 is 0.853 bits per heavy atom. The lowest BCUT2D eigenvalue weighted by molar-refractivity contribution is -0.138. The second-order valence-electron chi connectivity index (χ2n) is 8.97. The highest BCUT2D eigenvalue weighted by atomic mass is 19.4. The highest BCUT2D eigenvalue weighted by Crippen LogP contribution is 2.44. The van der Waals surface area contributed by atoms with Crippen LogP contribution in [0.2, 0.25) is 0 Å². The summed E-state index contributed by atoms with van der Waals surface area (Å²) in [4.78, 5) is 0. The van der Waals surface area contributed by atoms with Crippen molar-refractivity contribution in [2.45, 2.75) is 44.2 Å². The van der Waals surface area contributed by atoms with Gasteiger partial charge in [0.25, 0.3) is 0 Å². The van der Waals surface area contributed by atoms with Crippen LogP contribution in [0.15, 0.2) is 60.7 Å². The van der Waals surface area contributed by atoms with Crippen LogP contribution in [0.25, 0.3) is 21.5 Å². The van der Waals surface area contributed by atoms with Crippen LogP contribution in [0.4, 0.5) is 13.2 Å². The Morgan fingerprint density at radius 2 is 1.65 bits per heavy atom. The third-order valence-corrected chi connectivity index (χ3v) is 7.18. The number of rotatable bonds is 5. The van der Waals surface area contributed by atoms with Gasteiger partial charge in [0.15, 0.2) is 0 Å². The first-order valence-corrected chi connectivity index (χ1v) is 11.7. The first-order chi connectivity index (χ1) is 16.4. The molecule has 5 rings (SSSR count). The van der Waals surface area contributed by atoms with Gasteiger partial charge in [-0.2, -0.15) is 13.2 Å². The molecule has 0 unspecified atom stereocenters. The van der Waals surface area contributed by atoms with Crippen LogP contribution >= 0.6 is 0 Å². The van der Waals surface area contributed by atoms with E-state index in [9.17, 15) is 13.2 Å². The molecule has 1 atom stereocenters. The third-order valence-electron chi connectivity index (χ3n) is 7.18. The lowest BCUT2D eigenvalue weighted by Gasteiger charge is -2.28. The van der Waals surface area contributed by atoms with Gasteiger partial charge < -0.3 is 9.47 Å². The summed E-state index contributed by atoms with van der Waals surface area (Å²) in [6.07, 6.45) is -0.238. The van der Waals surface area contributed by atoms with Crippen LogP contribution < -0.4 is 9.47 Å². The maximum atomic E-state index is 13.5. The minimum atomic E-state index is -4.32. The van der Waals surface area contributed by atoms with Gasteiger partial charge >= 0.3 is 6.18 Å². The lowest BCUT2D eigenvalue weighted by Crippen LogP contribution is -2.13. The zero-order valence-electron chi connectivity index (χ0n) is 19.3. The Hall–Kier alpha value is -3.21. The lowest BCUT2D eigenvalue weighted by atomic mass is 9.77. The minimum absolute atomic E-state index is 0.237. The van der Waals surface area contributed by atoms with Gasteiger partial charge in [-0.1, -0.05) is 42.5 Å². The predicted octanol–water partition coefficient (Wildman–Crippen LogP) is 8.08. The Labute approximate surface area is 197 Å². The van der Waals surface area contributed by atoms with Crippen LogP contribution in [0, 0.1) is 0 Å². The topological polar surface area (TPSA) is 18.5 Å². The first-order valence-electron chi connectivity index (χ1n) is 11.7. The minimum Gasteiger partial charge on any atom is -0.496 e. The van der Waals surface area contributed by atoms with Crippen molar-refractivity contribution in [1.29, 1.82) is 0 Å². The molecule has 0 radical (unpaired) electrons. The van der Waals surface area contributed by atoms with Crippen molar-refractivity contribution in [2.24, 2.45) is 0 Å². The summed E-state index contributed by atoms with van der Waals surface area (Å²) in [6, 6.07) is 18.4. The van der Waals surface area contributed by atoms with Crippen molar-refractivity contribution < 1.29 is 22.6 Å². The molecule has 1 aliphatic carbocycles. The van der Waals surface area contributed by atoms with Gasteiger partial charge in [0.2, 0.25) is 0 Å². The second-order valence-corrected chi connectivity index (χ2v) is 8.97. The number of ether oxygens (including phenoxy) is 2. The quantitative estimate of drug-likeness (QED) is 0.278. The van der Waals surface area contributed by atoms with E-state index in [1.54, 1.807) is 26.4 Å².